The van der Waals surface area contributed by atoms with Crippen molar-refractivity contribution in [1.29, 1.82) is 5.26 Å². The zero-order valence-electron chi connectivity index (χ0n) is 14.2. The van der Waals surface area contributed by atoms with E-state index in [2.05, 4.69) is 11.4 Å². The van der Waals surface area contributed by atoms with E-state index in [1.807, 2.05) is 13.8 Å². The second-order valence-corrected chi connectivity index (χ2v) is 8.69. The molecule has 0 unspecified atom stereocenters. The van der Waals surface area contributed by atoms with Crippen LogP contribution in [0.5, 0.6) is 0 Å². The summed E-state index contributed by atoms with van der Waals surface area (Å²) in [7, 11) is -2.05. The minimum absolute atomic E-state index is 0.171. The molecule has 130 valence electrons. The molecule has 0 saturated carbocycles. The molecule has 0 bridgehead atoms. The van der Waals surface area contributed by atoms with Gasteiger partial charge >= 0.3 is 0 Å². The quantitative estimate of drug-likeness (QED) is 0.899. The van der Waals surface area contributed by atoms with Gasteiger partial charge in [-0.2, -0.15) is 9.57 Å². The number of hydrogen-bond acceptors (Lipinski definition) is 4. The molecule has 1 aromatic rings. The number of rotatable bonds is 4. The molecule has 0 aliphatic carbocycles. The fourth-order valence-corrected chi connectivity index (χ4v) is 4.92. The van der Waals surface area contributed by atoms with Crippen LogP contribution < -0.4 is 5.32 Å². The van der Waals surface area contributed by atoms with Crippen LogP contribution in [0.4, 0.5) is 0 Å². The van der Waals surface area contributed by atoms with Gasteiger partial charge in [-0.25, -0.2) is 8.42 Å². The Morgan fingerprint density at radius 1 is 1.38 bits per heavy atom. The monoisotopic (exact) mass is 349 g/mol. The van der Waals surface area contributed by atoms with E-state index in [1.54, 1.807) is 31.3 Å². The van der Waals surface area contributed by atoms with Gasteiger partial charge in [0.2, 0.25) is 10.0 Å². The summed E-state index contributed by atoms with van der Waals surface area (Å²) >= 11 is 0. The molecular weight excluding hydrogens is 326 g/mol. The van der Waals surface area contributed by atoms with E-state index in [1.165, 1.54) is 4.31 Å². The van der Waals surface area contributed by atoms with Crippen molar-refractivity contribution in [3.63, 3.8) is 0 Å². The van der Waals surface area contributed by atoms with Crippen molar-refractivity contribution in [2.75, 3.05) is 13.6 Å². The van der Waals surface area contributed by atoms with Crippen LogP contribution in [0.25, 0.3) is 0 Å². The molecule has 7 heteroatoms. The Hall–Kier alpha value is -1.91. The van der Waals surface area contributed by atoms with E-state index >= 15 is 0 Å². The summed E-state index contributed by atoms with van der Waals surface area (Å²) < 4.78 is 26.9. The number of amides is 1. The maximum Gasteiger partial charge on any atom is 0.251 e. The molecule has 0 aromatic heterocycles. The van der Waals surface area contributed by atoms with Crippen molar-refractivity contribution < 1.29 is 13.2 Å². The van der Waals surface area contributed by atoms with Crippen LogP contribution >= 0.6 is 0 Å². The average molecular weight is 349 g/mol. The van der Waals surface area contributed by atoms with E-state index in [0.717, 1.165) is 12.8 Å². The number of sulfonamides is 1. The Labute approximate surface area is 143 Å². The second kappa shape index (κ2) is 6.91. The standard InChI is InChI=1S/C17H23N3O3S/c1-17(2)9-4-10-20(15(17)11-18)24(22,23)12-13-5-7-14(8-6-13)16(21)19-3/h5-8,15H,4,9-10,12H2,1-3H3,(H,19,21)/t15-/m0/s1. The maximum absolute atomic E-state index is 12.8. The number of nitrogens with one attached hydrogen (secondary N) is 1. The van der Waals surface area contributed by atoms with E-state index in [9.17, 15) is 18.5 Å². The molecule has 0 spiro atoms. The highest BCUT2D eigenvalue weighted by Crippen LogP contribution is 2.36. The van der Waals surface area contributed by atoms with Crippen molar-refractivity contribution >= 4 is 15.9 Å². The molecule has 1 aromatic carbocycles. The lowest BCUT2D eigenvalue weighted by Gasteiger charge is -2.41. The second-order valence-electron chi connectivity index (χ2n) is 6.77. The van der Waals surface area contributed by atoms with Crippen molar-refractivity contribution in [3.05, 3.63) is 35.4 Å². The predicted molar refractivity (Wildman–Crippen MR) is 91.6 cm³/mol. The summed E-state index contributed by atoms with van der Waals surface area (Å²) in [6.07, 6.45) is 1.58. The minimum atomic E-state index is -3.60. The number of nitrogens with zero attached hydrogens (tertiary/aromatic N) is 2. The highest BCUT2D eigenvalue weighted by Gasteiger charge is 2.43. The fraction of sp³-hybridized carbons (Fsp3) is 0.529. The molecule has 1 atom stereocenters. The zero-order chi connectivity index (χ0) is 18.0. The van der Waals surface area contributed by atoms with Crippen LogP contribution in [-0.4, -0.2) is 38.3 Å². The lowest BCUT2D eigenvalue weighted by Crippen LogP contribution is -2.51. The van der Waals surface area contributed by atoms with Gasteiger partial charge in [0.25, 0.3) is 5.91 Å². The lowest BCUT2D eigenvalue weighted by molar-refractivity contribution is 0.0963. The molecule has 24 heavy (non-hydrogen) atoms. The largest absolute Gasteiger partial charge is 0.355 e. The number of carbonyl (C=O) groups excluding carboxylic acids is 1. The van der Waals surface area contributed by atoms with Crippen molar-refractivity contribution in [2.24, 2.45) is 5.41 Å². The first-order valence-corrected chi connectivity index (χ1v) is 9.52. The van der Waals surface area contributed by atoms with Crippen LogP contribution in [0.3, 0.4) is 0 Å². The molecule has 1 N–H and O–H groups in total. The minimum Gasteiger partial charge on any atom is -0.355 e. The van der Waals surface area contributed by atoms with Gasteiger partial charge < -0.3 is 5.32 Å². The summed E-state index contributed by atoms with van der Waals surface area (Å²) in [4.78, 5) is 11.5. The first kappa shape index (κ1) is 18.4. The van der Waals surface area contributed by atoms with Crippen LogP contribution in [-0.2, 0) is 15.8 Å². The molecule has 1 saturated heterocycles. The third kappa shape index (κ3) is 3.77. The Bertz CT molecular complexity index is 748. The van der Waals surface area contributed by atoms with E-state index in [4.69, 9.17) is 0 Å². The van der Waals surface area contributed by atoms with Crippen molar-refractivity contribution in [2.45, 2.75) is 38.5 Å². The number of carbonyl (C=O) groups is 1. The van der Waals surface area contributed by atoms with Crippen LogP contribution in [0.15, 0.2) is 24.3 Å². The third-order valence-electron chi connectivity index (χ3n) is 4.50. The van der Waals surface area contributed by atoms with Gasteiger partial charge in [-0.3, -0.25) is 4.79 Å². The summed E-state index contributed by atoms with van der Waals surface area (Å²) in [5.41, 5.74) is 0.721. The zero-order valence-corrected chi connectivity index (χ0v) is 15.1. The Kier molecular flexibility index (Phi) is 5.31. The van der Waals surface area contributed by atoms with Gasteiger partial charge in [0.05, 0.1) is 11.8 Å². The molecule has 1 aliphatic heterocycles. The Balaban J connectivity index is 2.22. The third-order valence-corrected chi connectivity index (χ3v) is 6.31. The van der Waals surface area contributed by atoms with Gasteiger partial charge in [0, 0.05) is 19.2 Å². The average Bonchev–Trinajstić information content (AvgIpc) is 2.53. The smallest absolute Gasteiger partial charge is 0.251 e. The molecule has 1 amide bonds. The number of hydrogen-bond donors (Lipinski definition) is 1. The topological polar surface area (TPSA) is 90.3 Å². The van der Waals surface area contributed by atoms with Crippen molar-refractivity contribution in [3.8, 4) is 6.07 Å². The van der Waals surface area contributed by atoms with Crippen molar-refractivity contribution in [1.82, 2.24) is 9.62 Å². The molecular formula is C17H23N3O3S. The van der Waals surface area contributed by atoms with Gasteiger partial charge in [0.15, 0.2) is 0 Å². The molecule has 1 aliphatic rings. The highest BCUT2D eigenvalue weighted by molar-refractivity contribution is 7.88. The molecule has 6 nitrogen and oxygen atoms in total. The van der Waals surface area contributed by atoms with E-state index in [0.29, 0.717) is 17.7 Å². The number of nitriles is 1. The summed E-state index contributed by atoms with van der Waals surface area (Å²) in [5, 5.41) is 12.0. The summed E-state index contributed by atoms with van der Waals surface area (Å²) in [6, 6.07) is 7.99. The van der Waals surface area contributed by atoms with Crippen LogP contribution in [0, 0.1) is 16.7 Å². The number of piperidine rings is 1. The van der Waals surface area contributed by atoms with Gasteiger partial charge in [-0.1, -0.05) is 26.0 Å². The lowest BCUT2D eigenvalue weighted by atomic mass is 9.78. The summed E-state index contributed by atoms with van der Waals surface area (Å²) in [5.74, 6) is -0.387. The summed E-state index contributed by atoms with van der Waals surface area (Å²) in [6.45, 7) is 4.24. The molecule has 2 rings (SSSR count). The van der Waals surface area contributed by atoms with Gasteiger partial charge in [-0.15, -0.1) is 0 Å². The van der Waals surface area contributed by atoms with Gasteiger partial charge in [0.1, 0.15) is 6.04 Å². The Morgan fingerprint density at radius 2 is 2.00 bits per heavy atom. The predicted octanol–water partition coefficient (Wildman–Crippen LogP) is 1.89. The molecule has 0 radical (unpaired) electrons. The fourth-order valence-electron chi connectivity index (χ4n) is 3.08. The van der Waals surface area contributed by atoms with Gasteiger partial charge in [-0.05, 0) is 36.0 Å². The first-order valence-electron chi connectivity index (χ1n) is 7.91. The molecule has 1 heterocycles. The maximum atomic E-state index is 12.8. The Morgan fingerprint density at radius 3 is 2.54 bits per heavy atom. The number of benzene rings is 1. The SMILES string of the molecule is CNC(=O)c1ccc(CS(=O)(=O)N2CCCC(C)(C)[C@@H]2C#N)cc1. The highest BCUT2D eigenvalue weighted by atomic mass is 32.2. The first-order chi connectivity index (χ1) is 11.2. The normalized spacial score (nSPS) is 21.0. The molecule has 1 fully saturated rings. The van der Waals surface area contributed by atoms with E-state index in [-0.39, 0.29) is 17.1 Å². The van der Waals surface area contributed by atoms with E-state index < -0.39 is 16.1 Å². The van der Waals surface area contributed by atoms with Crippen LogP contribution in [0.2, 0.25) is 0 Å². The van der Waals surface area contributed by atoms with Crippen LogP contribution in [0.1, 0.15) is 42.6 Å².